The fourth-order valence-corrected chi connectivity index (χ4v) is 0.697. The number of hydrogen-bond donors (Lipinski definition) is 0. The van der Waals surface area contributed by atoms with E-state index in [0.717, 1.165) is 0 Å². The van der Waals surface area contributed by atoms with Gasteiger partial charge in [0.15, 0.2) is 0 Å². The van der Waals surface area contributed by atoms with E-state index in [2.05, 4.69) is 9.31 Å². The minimum Gasteiger partial charge on any atom is -0.624 e. The Bertz CT molecular complexity index is 245. The van der Waals surface area contributed by atoms with Gasteiger partial charge in [0.1, 0.15) is 6.42 Å². The summed E-state index contributed by atoms with van der Waals surface area (Å²) in [6, 6.07) is 0. The van der Waals surface area contributed by atoms with Crippen molar-refractivity contribution < 1.29 is 36.4 Å². The molecule has 1 heterocycles. The third-order valence-corrected chi connectivity index (χ3v) is 1.25. The molecule has 1 aliphatic rings. The van der Waals surface area contributed by atoms with Crippen LogP contribution in [0.1, 0.15) is 6.42 Å². The predicted molar refractivity (Wildman–Crippen MR) is 29.7 cm³/mol. The van der Waals surface area contributed by atoms with Crippen molar-refractivity contribution in [3.05, 3.63) is 0 Å². The van der Waals surface area contributed by atoms with E-state index in [1.807, 2.05) is 0 Å². The molecule has 1 saturated heterocycles. The third-order valence-electron chi connectivity index (χ3n) is 1.25. The molecule has 0 unspecified atom stereocenters. The van der Waals surface area contributed by atoms with Crippen molar-refractivity contribution in [3.63, 3.8) is 0 Å². The summed E-state index contributed by atoms with van der Waals surface area (Å²) < 4.78 is 54.5. The maximum Gasteiger partial charge on any atom is 0.633 e. The molecule has 0 atom stereocenters. The van der Waals surface area contributed by atoms with Gasteiger partial charge in [-0.1, -0.05) is 0 Å². The highest BCUT2D eigenvalue weighted by atomic mass is 19.4. The Morgan fingerprint density at radius 1 is 1.15 bits per heavy atom. The zero-order chi connectivity index (χ0) is 10.3. The molecule has 0 radical (unpaired) electrons. The Morgan fingerprint density at radius 3 is 1.85 bits per heavy atom. The molecule has 0 amide bonds. The average molecular weight is 201 g/mol. The molecule has 1 rings (SSSR count). The van der Waals surface area contributed by atoms with Crippen molar-refractivity contribution in [2.45, 2.75) is 12.5 Å². The minimum absolute atomic E-state index is 1.01. The van der Waals surface area contributed by atoms with Crippen molar-refractivity contribution >= 4 is 18.8 Å². The first-order valence-corrected chi connectivity index (χ1v) is 3.07. The highest BCUT2D eigenvalue weighted by Gasteiger charge is 2.62. The molecule has 1 fully saturated rings. The Morgan fingerprint density at radius 2 is 1.54 bits per heavy atom. The molecule has 0 aromatic heterocycles. The largest absolute Gasteiger partial charge is 0.633 e. The summed E-state index contributed by atoms with van der Waals surface area (Å²) in [5, 5.41) is 0. The molecule has 0 aliphatic carbocycles. The van der Waals surface area contributed by atoms with E-state index in [-0.39, 0.29) is 0 Å². The number of hydrogen-bond acceptors (Lipinski definition) is 4. The molecule has 0 N–H and O–H groups in total. The van der Waals surface area contributed by atoms with Crippen molar-refractivity contribution in [1.29, 1.82) is 0 Å². The van der Waals surface area contributed by atoms with Gasteiger partial charge >= 0.3 is 12.9 Å². The van der Waals surface area contributed by atoms with Gasteiger partial charge in [-0.05, 0) is 0 Å². The predicted octanol–water partition coefficient (Wildman–Crippen LogP) is 0.486. The Labute approximate surface area is 68.8 Å². The summed E-state index contributed by atoms with van der Waals surface area (Å²) in [6.07, 6.45) is -6.53. The normalized spacial score (nSPS) is 22.2. The molecule has 74 valence electrons. The zero-order valence-electron chi connectivity index (χ0n) is 5.93. The van der Waals surface area contributed by atoms with Crippen molar-refractivity contribution in [3.8, 4) is 0 Å². The molecular formula is C4H2BF4O4-. The van der Waals surface area contributed by atoms with Gasteiger partial charge in [0.25, 0.3) is 11.9 Å². The Kier molecular flexibility index (Phi) is 1.97. The number of rotatable bonds is 0. The lowest BCUT2D eigenvalue weighted by Crippen LogP contribution is -2.57. The van der Waals surface area contributed by atoms with Crippen LogP contribution < -0.4 is 0 Å². The van der Waals surface area contributed by atoms with Crippen LogP contribution in [-0.4, -0.2) is 24.8 Å². The fraction of sp³-hybridized carbons (Fsp3) is 0.500. The molecule has 0 saturated carbocycles. The van der Waals surface area contributed by atoms with Crippen LogP contribution in [0.5, 0.6) is 0 Å². The molecule has 4 nitrogen and oxygen atoms in total. The number of halogens is 4. The summed E-state index contributed by atoms with van der Waals surface area (Å²) >= 11 is 0. The van der Waals surface area contributed by atoms with Gasteiger partial charge in [0.05, 0.1) is 0 Å². The first kappa shape index (κ1) is 9.81. The molecule has 1 aliphatic heterocycles. The molecule has 13 heavy (non-hydrogen) atoms. The van der Waals surface area contributed by atoms with Crippen molar-refractivity contribution in [2.75, 3.05) is 0 Å². The van der Waals surface area contributed by atoms with E-state index >= 15 is 0 Å². The second-order valence-corrected chi connectivity index (χ2v) is 2.32. The van der Waals surface area contributed by atoms with Gasteiger partial charge in [-0.15, -0.1) is 0 Å². The first-order chi connectivity index (χ1) is 5.74. The summed E-state index contributed by atoms with van der Waals surface area (Å²) in [7, 11) is 0. The molecule has 0 aromatic carbocycles. The third kappa shape index (κ3) is 1.73. The van der Waals surface area contributed by atoms with Crippen LogP contribution in [0, 0.1) is 0 Å². The standard InChI is InChI=1S/C4H2BF4O4/c6-4(7,8)5(9)12-2(10)1-3(11)13-5/h1H2/q-1. The van der Waals surface area contributed by atoms with Gasteiger partial charge in [-0.25, -0.2) is 13.2 Å². The van der Waals surface area contributed by atoms with Crippen LogP contribution in [0.2, 0.25) is 0 Å². The van der Waals surface area contributed by atoms with E-state index in [0.29, 0.717) is 0 Å². The highest BCUT2D eigenvalue weighted by Crippen LogP contribution is 2.34. The lowest BCUT2D eigenvalue weighted by atomic mass is 9.80. The van der Waals surface area contributed by atoms with Gasteiger partial charge in [0.2, 0.25) is 0 Å². The molecule has 0 bridgehead atoms. The van der Waals surface area contributed by atoms with E-state index in [1.54, 1.807) is 0 Å². The molecule has 0 aromatic rings. The second kappa shape index (κ2) is 2.61. The number of alkyl halides is 3. The van der Waals surface area contributed by atoms with Crippen LogP contribution in [0.25, 0.3) is 0 Å². The first-order valence-electron chi connectivity index (χ1n) is 3.07. The summed E-state index contributed by atoms with van der Waals surface area (Å²) in [4.78, 5) is 20.6. The Balaban J connectivity index is 2.91. The van der Waals surface area contributed by atoms with Crippen LogP contribution in [0.15, 0.2) is 0 Å². The van der Waals surface area contributed by atoms with Gasteiger partial charge < -0.3 is 13.6 Å². The second-order valence-electron chi connectivity index (χ2n) is 2.32. The van der Waals surface area contributed by atoms with Crippen molar-refractivity contribution in [2.24, 2.45) is 0 Å². The molecule has 0 spiro atoms. The fourth-order valence-electron chi connectivity index (χ4n) is 0.697. The lowest BCUT2D eigenvalue weighted by molar-refractivity contribution is -0.170. The summed E-state index contributed by atoms with van der Waals surface area (Å²) in [6.45, 7) is -5.33. The Hall–Kier alpha value is -1.28. The van der Waals surface area contributed by atoms with Gasteiger partial charge in [-0.3, -0.25) is 9.59 Å². The molecule has 9 heteroatoms. The maximum atomic E-state index is 12.6. The minimum atomic E-state index is -5.52. The zero-order valence-corrected chi connectivity index (χ0v) is 5.93. The van der Waals surface area contributed by atoms with Gasteiger partial charge in [0, 0.05) is 0 Å². The maximum absolute atomic E-state index is 12.6. The smallest absolute Gasteiger partial charge is 0.624 e. The summed E-state index contributed by atoms with van der Waals surface area (Å²) in [5.74, 6) is -3.17. The average Bonchev–Trinajstić information content (AvgIpc) is 1.79. The van der Waals surface area contributed by atoms with E-state index in [9.17, 15) is 27.1 Å². The number of carbonyl (C=O) groups is 2. The van der Waals surface area contributed by atoms with Gasteiger partial charge in [-0.2, -0.15) is 0 Å². The quantitative estimate of drug-likeness (QED) is 0.325. The van der Waals surface area contributed by atoms with Crippen LogP contribution in [-0.2, 0) is 18.9 Å². The van der Waals surface area contributed by atoms with Crippen LogP contribution >= 0.6 is 0 Å². The molecular weight excluding hydrogens is 199 g/mol. The monoisotopic (exact) mass is 201 g/mol. The van der Waals surface area contributed by atoms with Crippen LogP contribution in [0.3, 0.4) is 0 Å². The van der Waals surface area contributed by atoms with E-state index in [1.165, 1.54) is 0 Å². The number of carbonyl (C=O) groups excluding carboxylic acids is 2. The van der Waals surface area contributed by atoms with Crippen LogP contribution in [0.4, 0.5) is 17.5 Å². The summed E-state index contributed by atoms with van der Waals surface area (Å²) in [5.41, 5.74) is 0. The van der Waals surface area contributed by atoms with Crippen molar-refractivity contribution in [1.82, 2.24) is 0 Å². The lowest BCUT2D eigenvalue weighted by Gasteiger charge is -2.37. The highest BCUT2D eigenvalue weighted by molar-refractivity contribution is 6.66. The topological polar surface area (TPSA) is 52.6 Å². The SMILES string of the molecule is O=C1CC(=O)O[B-](F)(C(F)(F)F)O1. The van der Waals surface area contributed by atoms with E-state index < -0.39 is 31.3 Å². The van der Waals surface area contributed by atoms with E-state index in [4.69, 9.17) is 0 Å².